The van der Waals surface area contributed by atoms with Crippen molar-refractivity contribution >= 4 is 45.2 Å². The number of carboxylic acid groups (broad SMARTS) is 2. The predicted octanol–water partition coefficient (Wildman–Crippen LogP) is 3.64. The summed E-state index contributed by atoms with van der Waals surface area (Å²) < 4.78 is 70.1. The monoisotopic (exact) mass is 643 g/mol. The number of halogens is 6. The van der Waals surface area contributed by atoms with E-state index in [0.29, 0.717) is 6.54 Å². The maximum absolute atomic E-state index is 12.9. The molecule has 5 heterocycles. The second kappa shape index (κ2) is 14.5. The first kappa shape index (κ1) is 34.2. The van der Waals surface area contributed by atoms with E-state index < -0.39 is 24.3 Å². The van der Waals surface area contributed by atoms with Crippen LogP contribution in [0.15, 0.2) is 17.8 Å². The standard InChI is InChI=1S/C21H29N5O2S.2C2HF3O2/c27-18(15-24-10-12-28-13-11-24)25-7-1-4-21(6-9-25)5-2-8-26(21)20-19-17(3-14-29-19)22-16-23-20;2*3-2(4,5)1(6)7/h3,14,16H,1-2,4-13,15H2;2*(H,6,7). The molecule has 3 aliphatic heterocycles. The van der Waals surface area contributed by atoms with E-state index in [2.05, 4.69) is 31.1 Å². The lowest BCUT2D eigenvalue weighted by Gasteiger charge is -2.39. The van der Waals surface area contributed by atoms with Crippen molar-refractivity contribution in [1.82, 2.24) is 19.8 Å². The molecule has 240 valence electrons. The van der Waals surface area contributed by atoms with E-state index in [0.717, 1.165) is 76.5 Å². The van der Waals surface area contributed by atoms with Crippen LogP contribution in [-0.2, 0) is 19.1 Å². The average Bonchev–Trinajstić information content (AvgIpc) is 3.52. The van der Waals surface area contributed by atoms with Crippen LogP contribution in [-0.4, -0.2) is 118 Å². The number of aromatic nitrogens is 2. The minimum atomic E-state index is -5.08. The molecule has 18 heteroatoms. The lowest BCUT2D eigenvalue weighted by molar-refractivity contribution is -0.193. The summed E-state index contributed by atoms with van der Waals surface area (Å²) in [5.74, 6) is -4.15. The third-order valence-corrected chi connectivity index (χ3v) is 8.19. The number of hydrogen-bond acceptors (Lipinski definition) is 9. The Labute approximate surface area is 246 Å². The number of carbonyl (C=O) groups excluding carboxylic acids is 1. The molecule has 0 radical (unpaired) electrons. The number of carbonyl (C=O) groups is 3. The van der Waals surface area contributed by atoms with E-state index in [1.165, 1.54) is 17.5 Å². The summed E-state index contributed by atoms with van der Waals surface area (Å²) in [4.78, 5) is 46.7. The molecule has 0 aromatic carbocycles. The van der Waals surface area contributed by atoms with Crippen LogP contribution in [0, 0.1) is 0 Å². The van der Waals surface area contributed by atoms with Crippen LogP contribution in [0.4, 0.5) is 32.2 Å². The van der Waals surface area contributed by atoms with Gasteiger partial charge in [-0.25, -0.2) is 19.6 Å². The Hall–Kier alpha value is -3.25. The van der Waals surface area contributed by atoms with Gasteiger partial charge in [-0.3, -0.25) is 9.69 Å². The molecule has 0 saturated carbocycles. The number of fused-ring (bicyclic) bond motifs is 1. The molecule has 5 rings (SSSR count). The van der Waals surface area contributed by atoms with Crippen LogP contribution < -0.4 is 4.90 Å². The summed E-state index contributed by atoms with van der Waals surface area (Å²) in [5.41, 5.74) is 1.16. The summed E-state index contributed by atoms with van der Waals surface area (Å²) in [6, 6.07) is 2.08. The molecule has 2 N–H and O–H groups in total. The van der Waals surface area contributed by atoms with Crippen molar-refractivity contribution in [2.24, 2.45) is 0 Å². The number of amides is 1. The first-order chi connectivity index (χ1) is 20.1. The number of aliphatic carboxylic acids is 2. The van der Waals surface area contributed by atoms with Gasteiger partial charge in [0.1, 0.15) is 12.1 Å². The molecular formula is C25H31F6N5O6S. The first-order valence-electron chi connectivity index (χ1n) is 13.3. The van der Waals surface area contributed by atoms with Crippen molar-refractivity contribution in [2.45, 2.75) is 50.0 Å². The number of rotatable bonds is 3. The molecule has 1 spiro atoms. The molecule has 43 heavy (non-hydrogen) atoms. The summed E-state index contributed by atoms with van der Waals surface area (Å²) in [6.07, 6.45) is -2.87. The van der Waals surface area contributed by atoms with Crippen LogP contribution in [0.5, 0.6) is 0 Å². The summed E-state index contributed by atoms with van der Waals surface area (Å²) in [6.45, 7) is 6.50. The molecule has 2 aromatic rings. The normalized spacial score (nSPS) is 21.4. The summed E-state index contributed by atoms with van der Waals surface area (Å²) >= 11 is 1.73. The Morgan fingerprint density at radius 2 is 1.47 bits per heavy atom. The lowest BCUT2D eigenvalue weighted by Crippen LogP contribution is -2.47. The van der Waals surface area contributed by atoms with Gasteiger partial charge in [0.25, 0.3) is 0 Å². The van der Waals surface area contributed by atoms with Gasteiger partial charge in [-0.2, -0.15) is 26.3 Å². The number of morpholine rings is 1. The Balaban J connectivity index is 0.000000303. The number of thiophene rings is 1. The molecule has 1 atom stereocenters. The van der Waals surface area contributed by atoms with Gasteiger partial charge in [-0.05, 0) is 43.6 Å². The summed E-state index contributed by atoms with van der Waals surface area (Å²) in [5, 5.41) is 16.4. The van der Waals surface area contributed by atoms with Gasteiger partial charge >= 0.3 is 24.3 Å². The number of carboxylic acids is 2. The Morgan fingerprint density at radius 3 is 2.05 bits per heavy atom. The smallest absolute Gasteiger partial charge is 0.475 e. The molecule has 0 bridgehead atoms. The maximum Gasteiger partial charge on any atom is 0.490 e. The fraction of sp³-hybridized carbons (Fsp3) is 0.640. The van der Waals surface area contributed by atoms with Crippen molar-refractivity contribution < 1.29 is 55.7 Å². The molecule has 1 amide bonds. The van der Waals surface area contributed by atoms with Crippen molar-refractivity contribution in [2.75, 3.05) is 57.4 Å². The highest BCUT2D eigenvalue weighted by atomic mass is 32.1. The highest BCUT2D eigenvalue weighted by molar-refractivity contribution is 7.17. The van der Waals surface area contributed by atoms with Crippen LogP contribution in [0.1, 0.15) is 32.1 Å². The third-order valence-electron chi connectivity index (χ3n) is 7.29. The SMILES string of the molecule is O=C(CN1CCOCC1)N1CCCC2(CCCN2c2ncnc3ccsc23)CC1.O=C(O)C(F)(F)F.O=C(O)C(F)(F)F. The molecule has 3 aliphatic rings. The van der Waals surface area contributed by atoms with E-state index >= 15 is 0 Å². The minimum absolute atomic E-state index is 0.124. The number of nitrogens with zero attached hydrogens (tertiary/aromatic N) is 5. The quantitative estimate of drug-likeness (QED) is 0.477. The highest BCUT2D eigenvalue weighted by Gasteiger charge is 2.44. The number of likely N-dealkylation sites (tertiary alicyclic amines) is 1. The fourth-order valence-electron chi connectivity index (χ4n) is 5.24. The molecule has 2 aromatic heterocycles. The zero-order chi connectivity index (χ0) is 31.8. The van der Waals surface area contributed by atoms with E-state index in [1.54, 1.807) is 17.7 Å². The Bertz CT molecular complexity index is 1230. The summed E-state index contributed by atoms with van der Waals surface area (Å²) in [7, 11) is 0. The second-order valence-electron chi connectivity index (χ2n) is 10.0. The van der Waals surface area contributed by atoms with E-state index in [1.807, 2.05) is 0 Å². The molecule has 0 aliphatic carbocycles. The van der Waals surface area contributed by atoms with E-state index in [9.17, 15) is 31.1 Å². The van der Waals surface area contributed by atoms with E-state index in [-0.39, 0.29) is 11.4 Å². The molecule has 3 saturated heterocycles. The van der Waals surface area contributed by atoms with Gasteiger partial charge in [0, 0.05) is 38.3 Å². The molecule has 11 nitrogen and oxygen atoms in total. The van der Waals surface area contributed by atoms with Gasteiger partial charge in [0.15, 0.2) is 0 Å². The maximum atomic E-state index is 12.9. The van der Waals surface area contributed by atoms with Crippen LogP contribution >= 0.6 is 11.3 Å². The largest absolute Gasteiger partial charge is 0.490 e. The number of alkyl halides is 6. The van der Waals surface area contributed by atoms with Crippen molar-refractivity contribution in [3.8, 4) is 0 Å². The van der Waals surface area contributed by atoms with Crippen LogP contribution in [0.25, 0.3) is 10.2 Å². The topological polar surface area (TPSA) is 136 Å². The minimum Gasteiger partial charge on any atom is -0.475 e. The third kappa shape index (κ3) is 9.37. The van der Waals surface area contributed by atoms with E-state index in [4.69, 9.17) is 29.5 Å². The highest BCUT2D eigenvalue weighted by Crippen LogP contribution is 2.43. The Morgan fingerprint density at radius 1 is 0.884 bits per heavy atom. The zero-order valence-electron chi connectivity index (χ0n) is 22.9. The second-order valence-corrected chi connectivity index (χ2v) is 11.0. The molecular weight excluding hydrogens is 612 g/mol. The van der Waals surface area contributed by atoms with Gasteiger partial charge in [-0.15, -0.1) is 11.3 Å². The van der Waals surface area contributed by atoms with Gasteiger partial charge in [0.2, 0.25) is 5.91 Å². The Kier molecular flexibility index (Phi) is 11.5. The van der Waals surface area contributed by atoms with Gasteiger partial charge in [0.05, 0.1) is 30.0 Å². The number of hydrogen-bond donors (Lipinski definition) is 2. The number of ether oxygens (including phenoxy) is 1. The number of anilines is 1. The van der Waals surface area contributed by atoms with Gasteiger partial charge in [-0.1, -0.05) is 0 Å². The molecule has 3 fully saturated rings. The molecule has 1 unspecified atom stereocenters. The predicted molar refractivity (Wildman–Crippen MR) is 142 cm³/mol. The van der Waals surface area contributed by atoms with Crippen molar-refractivity contribution in [1.29, 1.82) is 0 Å². The lowest BCUT2D eigenvalue weighted by atomic mass is 9.87. The van der Waals surface area contributed by atoms with Crippen molar-refractivity contribution in [3.63, 3.8) is 0 Å². The van der Waals surface area contributed by atoms with Gasteiger partial charge < -0.3 is 24.7 Å². The van der Waals surface area contributed by atoms with Crippen LogP contribution in [0.2, 0.25) is 0 Å². The van der Waals surface area contributed by atoms with Crippen molar-refractivity contribution in [3.05, 3.63) is 17.8 Å². The average molecular weight is 644 g/mol. The zero-order valence-corrected chi connectivity index (χ0v) is 23.7. The van der Waals surface area contributed by atoms with Crippen LogP contribution in [0.3, 0.4) is 0 Å². The first-order valence-corrected chi connectivity index (χ1v) is 14.2. The fourth-order valence-corrected chi connectivity index (χ4v) is 6.08.